The second-order valence-electron chi connectivity index (χ2n) is 7.93. The Morgan fingerprint density at radius 2 is 2.03 bits per heavy atom. The third-order valence-electron chi connectivity index (χ3n) is 5.87. The summed E-state index contributed by atoms with van der Waals surface area (Å²) in [6, 6.07) is 11.7. The number of aromatic hydroxyl groups is 1. The highest BCUT2D eigenvalue weighted by Crippen LogP contribution is 2.38. The van der Waals surface area contributed by atoms with Gasteiger partial charge < -0.3 is 15.2 Å². The molecule has 1 atom stereocenters. The van der Waals surface area contributed by atoms with Crippen LogP contribution in [0.5, 0.6) is 5.75 Å². The predicted molar refractivity (Wildman–Crippen MR) is 129 cm³/mol. The Bertz CT molecular complexity index is 1650. The molecule has 34 heavy (non-hydrogen) atoms. The molecule has 5 aromatic heterocycles. The zero-order valence-electron chi connectivity index (χ0n) is 17.9. The number of fused-ring (bicyclic) bond motifs is 2. The number of nitrogens with zero attached hydrogens (tertiary/aromatic N) is 6. The van der Waals surface area contributed by atoms with Crippen LogP contribution in [0.3, 0.4) is 0 Å². The predicted octanol–water partition coefficient (Wildman–Crippen LogP) is 4.91. The molecule has 0 aliphatic rings. The number of rotatable bonds is 4. The van der Waals surface area contributed by atoms with Gasteiger partial charge in [-0.3, -0.25) is 4.98 Å². The van der Waals surface area contributed by atoms with E-state index < -0.39 is 5.82 Å². The van der Waals surface area contributed by atoms with Gasteiger partial charge in [-0.1, -0.05) is 6.07 Å². The molecule has 0 spiro atoms. The summed E-state index contributed by atoms with van der Waals surface area (Å²) in [6.45, 7) is 2.02. The van der Waals surface area contributed by atoms with Crippen LogP contribution in [-0.4, -0.2) is 34.2 Å². The Hall–Kier alpha value is -4.31. The third-order valence-corrected chi connectivity index (χ3v) is 6.65. The Labute approximate surface area is 196 Å². The molecule has 6 rings (SSSR count). The second-order valence-corrected chi connectivity index (χ2v) is 8.82. The largest absolute Gasteiger partial charge is 0.508 e. The van der Waals surface area contributed by atoms with Crippen LogP contribution in [0.4, 0.5) is 10.2 Å². The first kappa shape index (κ1) is 20.3. The molecule has 0 saturated carbocycles. The minimum Gasteiger partial charge on any atom is -0.508 e. The Kier molecular flexibility index (Phi) is 4.56. The number of pyridine rings is 1. The molecule has 10 heteroatoms. The van der Waals surface area contributed by atoms with Crippen molar-refractivity contribution >= 4 is 33.7 Å². The molecule has 0 fully saturated rings. The molecule has 6 aromatic rings. The van der Waals surface area contributed by atoms with Gasteiger partial charge in [-0.2, -0.15) is 5.10 Å². The van der Waals surface area contributed by atoms with Gasteiger partial charge in [0.25, 0.3) is 0 Å². The average molecular weight is 472 g/mol. The van der Waals surface area contributed by atoms with E-state index in [-0.39, 0.29) is 17.6 Å². The maximum Gasteiger partial charge on any atom is 0.164 e. The minimum absolute atomic E-state index is 0.202. The first-order valence-electron chi connectivity index (χ1n) is 10.5. The maximum atomic E-state index is 14.1. The number of nitrogens with two attached hydrogens (primary N) is 1. The molecule has 1 unspecified atom stereocenters. The van der Waals surface area contributed by atoms with Crippen molar-refractivity contribution < 1.29 is 9.50 Å². The highest BCUT2D eigenvalue weighted by molar-refractivity contribution is 7.13. The van der Waals surface area contributed by atoms with E-state index in [4.69, 9.17) is 10.8 Å². The molecular formula is C24H18FN7OS. The van der Waals surface area contributed by atoms with Crippen LogP contribution in [0.1, 0.15) is 18.5 Å². The number of aromatic nitrogens is 6. The molecule has 0 saturated heterocycles. The molecule has 3 N–H and O–H groups in total. The van der Waals surface area contributed by atoms with Crippen LogP contribution in [0.25, 0.3) is 38.4 Å². The summed E-state index contributed by atoms with van der Waals surface area (Å²) in [5, 5.41) is 15.3. The number of hydrogen-bond donors (Lipinski definition) is 2. The topological polar surface area (TPSA) is 107 Å². The third kappa shape index (κ3) is 3.11. The van der Waals surface area contributed by atoms with Crippen molar-refractivity contribution in [3.8, 4) is 27.6 Å². The average Bonchev–Trinajstić information content (AvgIpc) is 3.55. The van der Waals surface area contributed by atoms with E-state index in [1.165, 1.54) is 18.5 Å². The minimum atomic E-state index is -0.577. The quantitative estimate of drug-likeness (QED) is 0.378. The van der Waals surface area contributed by atoms with Gasteiger partial charge in [0, 0.05) is 35.1 Å². The molecule has 0 radical (unpaired) electrons. The van der Waals surface area contributed by atoms with Crippen molar-refractivity contribution in [2.24, 2.45) is 0 Å². The van der Waals surface area contributed by atoms with Gasteiger partial charge in [0.1, 0.15) is 29.4 Å². The van der Waals surface area contributed by atoms with Gasteiger partial charge in [-0.15, -0.1) is 11.3 Å². The fraction of sp³-hybridized carbons (Fsp3) is 0.0833. The summed E-state index contributed by atoms with van der Waals surface area (Å²) in [6.07, 6.45) is 5.25. The smallest absolute Gasteiger partial charge is 0.164 e. The van der Waals surface area contributed by atoms with Crippen molar-refractivity contribution in [1.82, 2.24) is 29.1 Å². The number of hydrogen-bond acceptors (Lipinski definition) is 7. The lowest BCUT2D eigenvalue weighted by Gasteiger charge is -2.14. The fourth-order valence-corrected chi connectivity index (χ4v) is 5.05. The van der Waals surface area contributed by atoms with Gasteiger partial charge in [0.05, 0.1) is 27.5 Å². The number of phenols is 1. The van der Waals surface area contributed by atoms with Crippen LogP contribution in [-0.2, 0) is 0 Å². The van der Waals surface area contributed by atoms with Crippen molar-refractivity contribution in [3.63, 3.8) is 0 Å². The number of benzene rings is 1. The molecule has 5 heterocycles. The molecule has 0 amide bonds. The Morgan fingerprint density at radius 3 is 2.82 bits per heavy atom. The molecule has 0 aliphatic heterocycles. The molecule has 0 aliphatic carbocycles. The number of halogens is 1. The lowest BCUT2D eigenvalue weighted by Crippen LogP contribution is -2.10. The highest BCUT2D eigenvalue weighted by Gasteiger charge is 2.25. The monoisotopic (exact) mass is 471 g/mol. The number of nitrogen functional groups attached to an aromatic ring is 1. The fourth-order valence-electron chi connectivity index (χ4n) is 4.37. The highest BCUT2D eigenvalue weighted by atomic mass is 32.1. The zero-order chi connectivity index (χ0) is 23.4. The van der Waals surface area contributed by atoms with Gasteiger partial charge in [-0.25, -0.2) is 19.0 Å². The Morgan fingerprint density at radius 1 is 1.15 bits per heavy atom. The van der Waals surface area contributed by atoms with Gasteiger partial charge in [0.2, 0.25) is 0 Å². The number of anilines is 1. The van der Waals surface area contributed by atoms with Crippen molar-refractivity contribution in [2.75, 3.05) is 5.73 Å². The van der Waals surface area contributed by atoms with E-state index in [2.05, 4.69) is 25.4 Å². The van der Waals surface area contributed by atoms with Gasteiger partial charge >= 0.3 is 0 Å². The summed E-state index contributed by atoms with van der Waals surface area (Å²) >= 11 is 1.56. The molecular weight excluding hydrogens is 453 g/mol. The maximum absolute atomic E-state index is 14.1. The second kappa shape index (κ2) is 7.63. The van der Waals surface area contributed by atoms with E-state index in [0.717, 1.165) is 27.7 Å². The molecule has 8 nitrogen and oxygen atoms in total. The summed E-state index contributed by atoms with van der Waals surface area (Å²) < 4.78 is 18.0. The van der Waals surface area contributed by atoms with Crippen LogP contribution >= 0.6 is 11.3 Å². The summed E-state index contributed by atoms with van der Waals surface area (Å²) in [4.78, 5) is 13.9. The standard InChI is InChI=1S/C24H18FN7OS/c1-13(18-9-16-4-2-3-5-31(16)22(18)19-10-27-12-34-19)32-24-20(23(26)28-11-29-24)21(30-32)14-6-15(25)8-17(33)7-14/h2-13,33H,1H3,(H2,26,28,29). The number of thiazole rings is 1. The van der Waals surface area contributed by atoms with E-state index in [1.54, 1.807) is 21.5 Å². The van der Waals surface area contributed by atoms with Crippen molar-refractivity contribution in [3.05, 3.63) is 78.1 Å². The van der Waals surface area contributed by atoms with Gasteiger partial charge in [-0.05, 0) is 37.3 Å². The Balaban J connectivity index is 1.61. The summed E-state index contributed by atoms with van der Waals surface area (Å²) in [7, 11) is 0. The van der Waals surface area contributed by atoms with Crippen molar-refractivity contribution in [1.29, 1.82) is 0 Å². The first-order valence-corrected chi connectivity index (χ1v) is 11.4. The molecule has 168 valence electrons. The summed E-state index contributed by atoms with van der Waals surface area (Å²) in [5.74, 6) is -0.549. The van der Waals surface area contributed by atoms with Crippen LogP contribution in [0.2, 0.25) is 0 Å². The lowest BCUT2D eigenvalue weighted by molar-refractivity contribution is 0.469. The molecule has 1 aromatic carbocycles. The van der Waals surface area contributed by atoms with Crippen LogP contribution < -0.4 is 5.73 Å². The zero-order valence-corrected chi connectivity index (χ0v) is 18.7. The number of phenolic OH excluding ortho intramolecular Hbond substituents is 1. The normalized spacial score (nSPS) is 12.5. The lowest BCUT2D eigenvalue weighted by atomic mass is 10.1. The summed E-state index contributed by atoms with van der Waals surface area (Å²) in [5.41, 5.74) is 12.4. The van der Waals surface area contributed by atoms with Crippen LogP contribution in [0, 0.1) is 5.82 Å². The first-order chi connectivity index (χ1) is 16.5. The van der Waals surface area contributed by atoms with E-state index >= 15 is 0 Å². The van der Waals surface area contributed by atoms with Gasteiger partial charge in [0.15, 0.2) is 5.65 Å². The molecule has 0 bridgehead atoms. The van der Waals surface area contributed by atoms with Crippen molar-refractivity contribution in [2.45, 2.75) is 13.0 Å². The SMILES string of the molecule is CC(c1cc2ccccn2c1-c1cncs1)n1nc(-c2cc(O)cc(F)c2)c2c(N)ncnc21. The van der Waals surface area contributed by atoms with E-state index in [0.29, 0.717) is 22.3 Å². The van der Waals surface area contributed by atoms with Crippen LogP contribution in [0.15, 0.2) is 66.7 Å². The van der Waals surface area contributed by atoms with E-state index in [9.17, 15) is 9.50 Å². The van der Waals surface area contributed by atoms with E-state index in [1.807, 2.05) is 37.5 Å².